The van der Waals surface area contributed by atoms with Crippen LogP contribution in [-0.4, -0.2) is 37.4 Å². The molecule has 0 bridgehead atoms. The summed E-state index contributed by atoms with van der Waals surface area (Å²) in [6.07, 6.45) is 13.7. The first-order valence-electron chi connectivity index (χ1n) is 8.20. The van der Waals surface area contributed by atoms with Gasteiger partial charge in [0.25, 0.3) is 0 Å². The monoisotopic (exact) mass is 310 g/mol. The second-order valence-corrected chi connectivity index (χ2v) is 5.49. The van der Waals surface area contributed by atoms with Crippen LogP contribution in [0, 0.1) is 0 Å². The van der Waals surface area contributed by atoms with E-state index in [-0.39, 0.29) is 0 Å². The van der Waals surface area contributed by atoms with Gasteiger partial charge in [-0.1, -0.05) is 58.3 Å². The molecule has 0 spiro atoms. The lowest BCUT2D eigenvalue weighted by molar-refractivity contribution is -0.488. The number of ether oxygens (including phenoxy) is 1. The van der Waals surface area contributed by atoms with E-state index in [1.807, 2.05) is 0 Å². The predicted molar refractivity (Wildman–Crippen MR) is 81.0 cm³/mol. The van der Waals surface area contributed by atoms with Crippen molar-refractivity contribution in [3.05, 3.63) is 0 Å². The molecule has 0 unspecified atom stereocenters. The molecule has 2 nitrogen and oxygen atoms in total. The van der Waals surface area contributed by atoms with E-state index in [1.165, 1.54) is 63.7 Å². The van der Waals surface area contributed by atoms with Crippen LogP contribution >= 0.6 is 0 Å². The van der Waals surface area contributed by atoms with Crippen molar-refractivity contribution in [1.82, 2.24) is 0 Å². The normalized spacial score (nSPS) is 14.2. The van der Waals surface area contributed by atoms with Crippen molar-refractivity contribution in [2.45, 2.75) is 77.8 Å². The summed E-state index contributed by atoms with van der Waals surface area (Å²) in [6, 6.07) is 0. The number of likely N-dealkylation sites (N-methyl/N-ethyl adjacent to an activating group) is 1. The molecule has 0 N–H and O–H groups in total. The zero-order valence-corrected chi connectivity index (χ0v) is 13.6. The standard InChI is InChI=1S/C15H30NO.CHF3/c1-3-4-5-6-7-8-9-10-11-12-15-16(2)13-14-17-15;2-1(3)4/h3-14H2,1-2H3;1H/q+1;. The molecule has 5 heteroatoms. The van der Waals surface area contributed by atoms with E-state index in [9.17, 15) is 13.2 Å². The Morgan fingerprint density at radius 3 is 1.86 bits per heavy atom. The highest BCUT2D eigenvalue weighted by atomic mass is 19.4. The Hall–Kier alpha value is -0.740. The average molecular weight is 310 g/mol. The molecule has 0 saturated heterocycles. The van der Waals surface area contributed by atoms with Gasteiger partial charge in [0.1, 0.15) is 7.05 Å². The van der Waals surface area contributed by atoms with Crippen LogP contribution in [0.1, 0.15) is 71.1 Å². The van der Waals surface area contributed by atoms with Gasteiger partial charge in [-0.05, 0) is 6.42 Å². The van der Waals surface area contributed by atoms with E-state index in [2.05, 4.69) is 18.5 Å². The van der Waals surface area contributed by atoms with Crippen LogP contribution in [0.3, 0.4) is 0 Å². The van der Waals surface area contributed by atoms with Crippen molar-refractivity contribution < 1.29 is 22.5 Å². The maximum absolute atomic E-state index is 9.67. The number of hydrogen-bond donors (Lipinski definition) is 0. The average Bonchev–Trinajstić information content (AvgIpc) is 2.82. The van der Waals surface area contributed by atoms with Crippen molar-refractivity contribution in [1.29, 1.82) is 0 Å². The number of halogens is 3. The van der Waals surface area contributed by atoms with Crippen LogP contribution in [0.25, 0.3) is 0 Å². The van der Waals surface area contributed by atoms with Crippen molar-refractivity contribution in [3.8, 4) is 0 Å². The van der Waals surface area contributed by atoms with Gasteiger partial charge < -0.3 is 4.74 Å². The van der Waals surface area contributed by atoms with E-state index in [4.69, 9.17) is 4.74 Å². The first-order chi connectivity index (χ1) is 10.1. The molecule has 0 fully saturated rings. The van der Waals surface area contributed by atoms with Crippen molar-refractivity contribution in [3.63, 3.8) is 0 Å². The highest BCUT2D eigenvalue weighted by molar-refractivity contribution is 5.71. The summed E-state index contributed by atoms with van der Waals surface area (Å²) in [4.78, 5) is 0. The molecule has 0 amide bonds. The van der Waals surface area contributed by atoms with Crippen LogP contribution in [0.5, 0.6) is 0 Å². The number of alkyl halides is 3. The minimum absolute atomic E-state index is 0.892. The molecule has 0 aromatic carbocycles. The lowest BCUT2D eigenvalue weighted by Crippen LogP contribution is -2.10. The second-order valence-electron chi connectivity index (χ2n) is 5.49. The van der Waals surface area contributed by atoms with Crippen molar-refractivity contribution in [2.24, 2.45) is 0 Å². The van der Waals surface area contributed by atoms with Crippen LogP contribution < -0.4 is 0 Å². The summed E-state index contributed by atoms with van der Waals surface area (Å²) in [5.41, 5.74) is 0. The first-order valence-corrected chi connectivity index (χ1v) is 8.20. The summed E-state index contributed by atoms with van der Waals surface area (Å²) in [5, 5.41) is 0. The molecule has 1 rings (SSSR count). The second kappa shape index (κ2) is 14.2. The van der Waals surface area contributed by atoms with Gasteiger partial charge in [0, 0.05) is 0 Å². The summed E-state index contributed by atoms with van der Waals surface area (Å²) in [6.45, 7) is 0.579. The lowest BCUT2D eigenvalue weighted by atomic mass is 10.1. The number of rotatable bonds is 10. The van der Waals surface area contributed by atoms with E-state index in [1.54, 1.807) is 0 Å². The predicted octanol–water partition coefficient (Wildman–Crippen LogP) is 5.16. The molecule has 0 atom stereocenters. The zero-order valence-electron chi connectivity index (χ0n) is 13.6. The van der Waals surface area contributed by atoms with Gasteiger partial charge in [0.2, 0.25) is 0 Å². The maximum Gasteiger partial charge on any atom is 0.379 e. The zero-order chi connectivity index (χ0) is 15.9. The Balaban J connectivity index is 0.000000885. The van der Waals surface area contributed by atoms with Gasteiger partial charge in [-0.2, -0.15) is 13.2 Å². The quantitative estimate of drug-likeness (QED) is 0.401. The molecule has 0 aromatic heterocycles. The highest BCUT2D eigenvalue weighted by Crippen LogP contribution is 2.11. The molecule has 1 aliphatic heterocycles. The Kier molecular flexibility index (Phi) is 13.7. The van der Waals surface area contributed by atoms with Crippen LogP contribution in [-0.2, 0) is 4.74 Å². The molecule has 21 heavy (non-hydrogen) atoms. The van der Waals surface area contributed by atoms with E-state index < -0.39 is 6.68 Å². The summed E-state index contributed by atoms with van der Waals surface area (Å²) >= 11 is 0. The maximum atomic E-state index is 9.67. The summed E-state index contributed by atoms with van der Waals surface area (Å²) in [7, 11) is 2.13. The number of hydrogen-bond acceptors (Lipinski definition) is 1. The molecule has 0 radical (unpaired) electrons. The minimum Gasteiger partial charge on any atom is -0.441 e. The van der Waals surface area contributed by atoms with E-state index in [0.717, 1.165) is 19.6 Å². The summed E-state index contributed by atoms with van der Waals surface area (Å²) in [5.74, 6) is 1.22. The molecule has 1 aliphatic rings. The largest absolute Gasteiger partial charge is 0.441 e. The fourth-order valence-corrected chi connectivity index (χ4v) is 2.39. The third-order valence-corrected chi connectivity index (χ3v) is 3.62. The minimum atomic E-state index is -3.67. The number of nitrogens with zero attached hydrogens (tertiary/aromatic N) is 1. The molecule has 0 aliphatic carbocycles. The van der Waals surface area contributed by atoms with E-state index in [0.29, 0.717) is 0 Å². The van der Waals surface area contributed by atoms with E-state index >= 15 is 0 Å². The van der Waals surface area contributed by atoms with Gasteiger partial charge >= 0.3 is 12.6 Å². The lowest BCUT2D eigenvalue weighted by Gasteiger charge is -2.01. The smallest absolute Gasteiger partial charge is 0.379 e. The molecular formula is C16H31F3NO+. The Morgan fingerprint density at radius 2 is 1.43 bits per heavy atom. The SMILES string of the molecule is CCCCCCCCCCCC1=[N+](C)CCO1.FC(F)F. The molecule has 0 aromatic rings. The fraction of sp³-hybridized carbons (Fsp3) is 0.938. The molecule has 0 saturated carbocycles. The van der Waals surface area contributed by atoms with Gasteiger partial charge in [0.15, 0.2) is 13.2 Å². The third kappa shape index (κ3) is 14.0. The molecule has 1 heterocycles. The van der Waals surface area contributed by atoms with Crippen molar-refractivity contribution in [2.75, 3.05) is 20.2 Å². The Morgan fingerprint density at radius 1 is 0.952 bits per heavy atom. The Bertz CT molecular complexity index is 267. The molecular weight excluding hydrogens is 279 g/mol. The first kappa shape index (κ1) is 20.3. The Labute approximate surface area is 127 Å². The summed E-state index contributed by atoms with van der Waals surface area (Å²) < 4.78 is 36.8. The highest BCUT2D eigenvalue weighted by Gasteiger charge is 2.18. The van der Waals surface area contributed by atoms with Crippen LogP contribution in [0.15, 0.2) is 0 Å². The van der Waals surface area contributed by atoms with Gasteiger partial charge in [0.05, 0.1) is 6.42 Å². The van der Waals surface area contributed by atoms with Crippen molar-refractivity contribution >= 4 is 5.90 Å². The van der Waals surface area contributed by atoms with Crippen LogP contribution in [0.4, 0.5) is 13.2 Å². The fourth-order valence-electron chi connectivity index (χ4n) is 2.39. The topological polar surface area (TPSA) is 12.2 Å². The van der Waals surface area contributed by atoms with Gasteiger partial charge in [-0.3, -0.25) is 0 Å². The van der Waals surface area contributed by atoms with Gasteiger partial charge in [-0.25, -0.2) is 4.58 Å². The third-order valence-electron chi connectivity index (χ3n) is 3.62. The number of unbranched alkanes of at least 4 members (excludes halogenated alkanes) is 8. The molecule has 126 valence electrons. The van der Waals surface area contributed by atoms with Crippen LogP contribution in [0.2, 0.25) is 0 Å². The van der Waals surface area contributed by atoms with Gasteiger partial charge in [-0.15, -0.1) is 0 Å².